The smallest absolute Gasteiger partial charge is 0.123 e. The highest BCUT2D eigenvalue weighted by atomic mass is 79.9. The van der Waals surface area contributed by atoms with Crippen molar-refractivity contribution >= 4 is 15.9 Å². The van der Waals surface area contributed by atoms with Crippen molar-refractivity contribution in [3.05, 3.63) is 27.7 Å². The van der Waals surface area contributed by atoms with E-state index in [1.807, 2.05) is 38.1 Å². The summed E-state index contributed by atoms with van der Waals surface area (Å²) in [4.78, 5) is 2.03. The third-order valence-corrected chi connectivity index (χ3v) is 2.29. The molecule has 72 valence electrons. The van der Waals surface area contributed by atoms with Gasteiger partial charge in [0.05, 0.1) is 0 Å². The first-order chi connectivity index (χ1) is 6.00. The molecular formula is C10H14BrNO. The molecule has 0 fully saturated rings. The Morgan fingerprint density at radius 3 is 2.54 bits per heavy atom. The lowest BCUT2D eigenvalue weighted by Gasteiger charge is -2.13. The van der Waals surface area contributed by atoms with Gasteiger partial charge in [-0.1, -0.05) is 15.9 Å². The van der Waals surface area contributed by atoms with Crippen LogP contribution in [0.5, 0.6) is 5.75 Å². The number of benzene rings is 1. The van der Waals surface area contributed by atoms with E-state index in [-0.39, 0.29) is 0 Å². The Morgan fingerprint density at radius 2 is 2.00 bits per heavy atom. The van der Waals surface area contributed by atoms with Crippen molar-refractivity contribution in [1.82, 2.24) is 4.90 Å². The number of phenolic OH excluding ortho intramolecular Hbond substituents is 1. The zero-order valence-electron chi connectivity index (χ0n) is 8.13. The van der Waals surface area contributed by atoms with E-state index < -0.39 is 0 Å². The van der Waals surface area contributed by atoms with Crippen molar-refractivity contribution in [2.75, 3.05) is 14.1 Å². The van der Waals surface area contributed by atoms with Crippen molar-refractivity contribution in [3.63, 3.8) is 0 Å². The van der Waals surface area contributed by atoms with Gasteiger partial charge in [-0.25, -0.2) is 0 Å². The molecule has 13 heavy (non-hydrogen) atoms. The van der Waals surface area contributed by atoms with Crippen LogP contribution in [0.4, 0.5) is 0 Å². The summed E-state index contributed by atoms with van der Waals surface area (Å²) in [5.41, 5.74) is 1.86. The molecule has 0 heterocycles. The minimum absolute atomic E-state index is 0.400. The van der Waals surface area contributed by atoms with E-state index in [4.69, 9.17) is 0 Å². The van der Waals surface area contributed by atoms with Crippen LogP contribution in [-0.2, 0) is 6.54 Å². The summed E-state index contributed by atoms with van der Waals surface area (Å²) in [6, 6.07) is 3.86. The molecule has 0 radical (unpaired) electrons. The lowest BCUT2D eigenvalue weighted by atomic mass is 10.1. The molecule has 1 rings (SSSR count). The lowest BCUT2D eigenvalue weighted by Crippen LogP contribution is -2.10. The maximum absolute atomic E-state index is 9.72. The molecule has 0 aliphatic carbocycles. The van der Waals surface area contributed by atoms with Crippen molar-refractivity contribution < 1.29 is 5.11 Å². The SMILES string of the molecule is Cc1cc(Br)cc(CN(C)C)c1O. The average molecular weight is 244 g/mol. The topological polar surface area (TPSA) is 23.5 Å². The van der Waals surface area contributed by atoms with Gasteiger partial charge in [-0.15, -0.1) is 0 Å². The maximum Gasteiger partial charge on any atom is 0.123 e. The molecule has 0 atom stereocenters. The van der Waals surface area contributed by atoms with E-state index in [0.717, 1.165) is 22.1 Å². The summed E-state index contributed by atoms with van der Waals surface area (Å²) >= 11 is 3.41. The van der Waals surface area contributed by atoms with Crippen molar-refractivity contribution in [2.45, 2.75) is 13.5 Å². The van der Waals surface area contributed by atoms with Gasteiger partial charge >= 0.3 is 0 Å². The Labute approximate surface area is 87.3 Å². The summed E-state index contributed by atoms with van der Waals surface area (Å²) in [5.74, 6) is 0.400. The Morgan fingerprint density at radius 1 is 1.38 bits per heavy atom. The molecule has 1 aromatic carbocycles. The first kappa shape index (κ1) is 10.5. The van der Waals surface area contributed by atoms with Crippen LogP contribution in [0.25, 0.3) is 0 Å². The van der Waals surface area contributed by atoms with Gasteiger partial charge in [-0.2, -0.15) is 0 Å². The molecular weight excluding hydrogens is 230 g/mol. The zero-order valence-corrected chi connectivity index (χ0v) is 9.72. The standard InChI is InChI=1S/C10H14BrNO/c1-7-4-9(11)5-8(10(7)13)6-12(2)3/h4-5,13H,6H2,1-3H3. The van der Waals surface area contributed by atoms with Gasteiger partial charge in [0.15, 0.2) is 0 Å². The summed E-state index contributed by atoms with van der Waals surface area (Å²) in [6.07, 6.45) is 0. The van der Waals surface area contributed by atoms with E-state index in [9.17, 15) is 5.11 Å². The van der Waals surface area contributed by atoms with Crippen LogP contribution in [0.3, 0.4) is 0 Å². The minimum atomic E-state index is 0.400. The summed E-state index contributed by atoms with van der Waals surface area (Å²) < 4.78 is 1.01. The maximum atomic E-state index is 9.72. The van der Waals surface area contributed by atoms with Crippen molar-refractivity contribution in [2.24, 2.45) is 0 Å². The quantitative estimate of drug-likeness (QED) is 0.864. The second-order valence-corrected chi connectivity index (χ2v) is 4.38. The van der Waals surface area contributed by atoms with Gasteiger partial charge < -0.3 is 10.0 Å². The second-order valence-electron chi connectivity index (χ2n) is 3.47. The third kappa shape index (κ3) is 2.71. The highest BCUT2D eigenvalue weighted by Gasteiger charge is 2.06. The monoisotopic (exact) mass is 243 g/mol. The van der Waals surface area contributed by atoms with Crippen molar-refractivity contribution in [3.8, 4) is 5.75 Å². The minimum Gasteiger partial charge on any atom is -0.507 e. The fourth-order valence-corrected chi connectivity index (χ4v) is 1.89. The van der Waals surface area contributed by atoms with Gasteiger partial charge in [-0.3, -0.25) is 0 Å². The van der Waals surface area contributed by atoms with E-state index >= 15 is 0 Å². The van der Waals surface area contributed by atoms with Crippen LogP contribution in [0.2, 0.25) is 0 Å². The predicted octanol–water partition coefficient (Wildman–Crippen LogP) is 2.52. The number of halogens is 1. The molecule has 2 nitrogen and oxygen atoms in total. The van der Waals surface area contributed by atoms with Gasteiger partial charge in [0, 0.05) is 16.6 Å². The van der Waals surface area contributed by atoms with E-state index in [2.05, 4.69) is 15.9 Å². The van der Waals surface area contributed by atoms with Crippen LogP contribution in [0.1, 0.15) is 11.1 Å². The molecule has 0 aliphatic heterocycles. The number of rotatable bonds is 2. The van der Waals surface area contributed by atoms with Crippen LogP contribution in [-0.4, -0.2) is 24.1 Å². The molecule has 0 spiro atoms. The highest BCUT2D eigenvalue weighted by Crippen LogP contribution is 2.27. The van der Waals surface area contributed by atoms with Gasteiger partial charge in [0.2, 0.25) is 0 Å². The Hall–Kier alpha value is -0.540. The molecule has 1 aromatic rings. The predicted molar refractivity (Wildman–Crippen MR) is 57.9 cm³/mol. The van der Waals surface area contributed by atoms with Crippen LogP contribution < -0.4 is 0 Å². The van der Waals surface area contributed by atoms with E-state index in [0.29, 0.717) is 5.75 Å². The van der Waals surface area contributed by atoms with Gasteiger partial charge in [-0.05, 0) is 38.7 Å². The first-order valence-electron chi connectivity index (χ1n) is 4.13. The largest absolute Gasteiger partial charge is 0.507 e. The fourth-order valence-electron chi connectivity index (χ4n) is 1.27. The number of aryl methyl sites for hydroxylation is 1. The average Bonchev–Trinajstić information content (AvgIpc) is 1.98. The first-order valence-corrected chi connectivity index (χ1v) is 4.92. The molecule has 0 aliphatic rings. The molecule has 0 saturated heterocycles. The molecule has 0 amide bonds. The molecule has 3 heteroatoms. The summed E-state index contributed by atoms with van der Waals surface area (Å²) in [7, 11) is 3.96. The number of hydrogen-bond donors (Lipinski definition) is 1. The normalized spacial score (nSPS) is 10.8. The summed E-state index contributed by atoms with van der Waals surface area (Å²) in [6.45, 7) is 2.66. The number of hydrogen-bond acceptors (Lipinski definition) is 2. The number of nitrogens with zero attached hydrogens (tertiary/aromatic N) is 1. The molecule has 0 unspecified atom stereocenters. The van der Waals surface area contributed by atoms with Crippen LogP contribution >= 0.6 is 15.9 Å². The molecule has 0 saturated carbocycles. The third-order valence-electron chi connectivity index (χ3n) is 1.83. The Kier molecular flexibility index (Phi) is 3.33. The molecule has 0 bridgehead atoms. The van der Waals surface area contributed by atoms with Gasteiger partial charge in [0.1, 0.15) is 5.75 Å². The highest BCUT2D eigenvalue weighted by molar-refractivity contribution is 9.10. The molecule has 1 N–H and O–H groups in total. The zero-order chi connectivity index (χ0) is 10.0. The van der Waals surface area contributed by atoms with Crippen LogP contribution in [0.15, 0.2) is 16.6 Å². The fraction of sp³-hybridized carbons (Fsp3) is 0.400. The number of phenols is 1. The van der Waals surface area contributed by atoms with Crippen LogP contribution in [0, 0.1) is 6.92 Å². The Bertz CT molecular complexity index is 310. The van der Waals surface area contributed by atoms with E-state index in [1.165, 1.54) is 0 Å². The molecule has 0 aromatic heterocycles. The lowest BCUT2D eigenvalue weighted by molar-refractivity contribution is 0.384. The van der Waals surface area contributed by atoms with Gasteiger partial charge in [0.25, 0.3) is 0 Å². The second kappa shape index (κ2) is 4.11. The van der Waals surface area contributed by atoms with Crippen molar-refractivity contribution in [1.29, 1.82) is 0 Å². The van der Waals surface area contributed by atoms with E-state index in [1.54, 1.807) is 0 Å². The number of aromatic hydroxyl groups is 1. The summed E-state index contributed by atoms with van der Waals surface area (Å²) in [5, 5.41) is 9.72. The Balaban J connectivity index is 3.05.